The third kappa shape index (κ3) is 2.24. The van der Waals surface area contributed by atoms with Gasteiger partial charge in [0.1, 0.15) is 0 Å². The van der Waals surface area contributed by atoms with Crippen molar-refractivity contribution in [1.29, 1.82) is 0 Å². The molecule has 1 saturated carbocycles. The van der Waals surface area contributed by atoms with Crippen molar-refractivity contribution >= 4 is 16.3 Å². The van der Waals surface area contributed by atoms with Gasteiger partial charge in [-0.15, -0.1) is 11.3 Å². The Morgan fingerprint density at radius 1 is 1.35 bits per heavy atom. The van der Waals surface area contributed by atoms with Gasteiger partial charge in [0.05, 0.1) is 10.6 Å². The lowest BCUT2D eigenvalue weighted by Crippen LogP contribution is -1.97. The molecule has 0 amide bonds. The molecule has 2 atom stereocenters. The maximum absolute atomic E-state index is 6.07. The highest BCUT2D eigenvalue weighted by molar-refractivity contribution is 7.16. The molecule has 3 rings (SSSR count). The number of nitrogens with zero attached hydrogens (tertiary/aromatic N) is 2. The third-order valence-electron chi connectivity index (χ3n) is 4.55. The van der Waals surface area contributed by atoms with Gasteiger partial charge in [-0.2, -0.15) is 4.98 Å². The molecule has 2 aromatic heterocycles. The van der Waals surface area contributed by atoms with Gasteiger partial charge in [-0.1, -0.05) is 18.5 Å². The third-order valence-corrected chi connectivity index (χ3v) is 5.59. The zero-order valence-corrected chi connectivity index (χ0v) is 13.1. The summed E-state index contributed by atoms with van der Waals surface area (Å²) in [6, 6.07) is 0. The molecule has 4 nitrogen and oxygen atoms in total. The number of rotatable bonds is 3. The van der Waals surface area contributed by atoms with E-state index in [0.29, 0.717) is 11.8 Å². The largest absolute Gasteiger partial charge is 0.390 e. The van der Waals surface area contributed by atoms with E-state index in [4.69, 9.17) is 10.3 Å². The maximum Gasteiger partial charge on any atom is 0.261 e. The molecule has 2 aromatic rings. The average Bonchev–Trinajstić information content (AvgIpc) is 3.10. The number of aromatic nitrogens is 2. The number of nitrogen functional groups attached to an aromatic ring is 1. The standard InChI is InChI=1S/C15H21N3OS/c1-4-10-5-6-11(7-10)14-17-15(19-18-14)12-8(2)9(3)20-13(12)16/h10-11H,4-7,16H2,1-3H3. The lowest BCUT2D eigenvalue weighted by molar-refractivity contribution is 0.413. The molecular formula is C15H21N3OS. The van der Waals surface area contributed by atoms with Crippen molar-refractivity contribution in [1.82, 2.24) is 10.1 Å². The van der Waals surface area contributed by atoms with Gasteiger partial charge in [-0.05, 0) is 44.6 Å². The fraction of sp³-hybridized carbons (Fsp3) is 0.600. The predicted molar refractivity (Wildman–Crippen MR) is 81.9 cm³/mol. The van der Waals surface area contributed by atoms with Crippen LogP contribution in [0.4, 0.5) is 5.00 Å². The van der Waals surface area contributed by atoms with Crippen LogP contribution in [0.1, 0.15) is 54.8 Å². The lowest BCUT2D eigenvalue weighted by Gasteiger charge is -2.04. The normalized spacial score (nSPS) is 22.6. The molecule has 0 aromatic carbocycles. The van der Waals surface area contributed by atoms with E-state index in [2.05, 4.69) is 30.9 Å². The molecule has 2 N–H and O–H groups in total. The summed E-state index contributed by atoms with van der Waals surface area (Å²) in [6.07, 6.45) is 4.89. The van der Waals surface area contributed by atoms with E-state index in [-0.39, 0.29) is 0 Å². The van der Waals surface area contributed by atoms with Crippen LogP contribution >= 0.6 is 11.3 Å². The van der Waals surface area contributed by atoms with Crippen LogP contribution in [0.3, 0.4) is 0 Å². The summed E-state index contributed by atoms with van der Waals surface area (Å²) >= 11 is 1.59. The zero-order valence-electron chi connectivity index (χ0n) is 12.3. The van der Waals surface area contributed by atoms with Crippen LogP contribution in [0.25, 0.3) is 11.5 Å². The predicted octanol–water partition coefficient (Wildman–Crippen LogP) is 4.29. The van der Waals surface area contributed by atoms with Gasteiger partial charge in [0, 0.05) is 10.8 Å². The minimum absolute atomic E-state index is 0.457. The highest BCUT2D eigenvalue weighted by Crippen LogP contribution is 2.41. The first-order chi connectivity index (χ1) is 9.60. The second-order valence-electron chi connectivity index (χ2n) is 5.76. The molecule has 1 aliphatic rings. The highest BCUT2D eigenvalue weighted by Gasteiger charge is 2.29. The lowest BCUT2D eigenvalue weighted by atomic mass is 10.0. The van der Waals surface area contributed by atoms with E-state index in [0.717, 1.165) is 27.9 Å². The highest BCUT2D eigenvalue weighted by atomic mass is 32.1. The van der Waals surface area contributed by atoms with E-state index < -0.39 is 0 Å². The van der Waals surface area contributed by atoms with Gasteiger partial charge in [0.15, 0.2) is 5.82 Å². The summed E-state index contributed by atoms with van der Waals surface area (Å²) in [4.78, 5) is 5.83. The zero-order chi connectivity index (χ0) is 14.3. The monoisotopic (exact) mass is 291 g/mol. The number of anilines is 1. The van der Waals surface area contributed by atoms with Crippen molar-refractivity contribution in [2.24, 2.45) is 5.92 Å². The molecule has 2 heterocycles. The molecule has 0 spiro atoms. The van der Waals surface area contributed by atoms with Crippen LogP contribution in [0, 0.1) is 19.8 Å². The number of aryl methyl sites for hydroxylation is 1. The fourth-order valence-corrected chi connectivity index (χ4v) is 4.03. The molecule has 0 saturated heterocycles. The Morgan fingerprint density at radius 2 is 2.15 bits per heavy atom. The van der Waals surface area contributed by atoms with Crippen LogP contribution in [-0.4, -0.2) is 10.1 Å². The van der Waals surface area contributed by atoms with Gasteiger partial charge in [-0.3, -0.25) is 0 Å². The van der Waals surface area contributed by atoms with E-state index in [1.807, 2.05) is 0 Å². The van der Waals surface area contributed by atoms with Crippen molar-refractivity contribution in [3.05, 3.63) is 16.3 Å². The van der Waals surface area contributed by atoms with Crippen molar-refractivity contribution in [3.8, 4) is 11.5 Å². The Hall–Kier alpha value is -1.36. The summed E-state index contributed by atoms with van der Waals surface area (Å²) in [6.45, 7) is 6.39. The molecule has 108 valence electrons. The Morgan fingerprint density at radius 3 is 2.75 bits per heavy atom. The van der Waals surface area contributed by atoms with Gasteiger partial charge in [0.25, 0.3) is 5.89 Å². The molecule has 1 aliphatic carbocycles. The quantitative estimate of drug-likeness (QED) is 0.916. The topological polar surface area (TPSA) is 64.9 Å². The first kappa shape index (κ1) is 13.6. The number of thiophene rings is 1. The Balaban J connectivity index is 1.87. The van der Waals surface area contributed by atoms with Crippen molar-refractivity contribution < 1.29 is 4.52 Å². The van der Waals surface area contributed by atoms with Crippen LogP contribution in [0.2, 0.25) is 0 Å². The van der Waals surface area contributed by atoms with E-state index >= 15 is 0 Å². The van der Waals surface area contributed by atoms with Crippen molar-refractivity contribution in [3.63, 3.8) is 0 Å². The molecule has 2 unspecified atom stereocenters. The second kappa shape index (κ2) is 5.20. The molecule has 0 bridgehead atoms. The van der Waals surface area contributed by atoms with E-state index in [1.165, 1.54) is 30.6 Å². The summed E-state index contributed by atoms with van der Waals surface area (Å²) in [7, 11) is 0. The molecule has 0 aliphatic heterocycles. The van der Waals surface area contributed by atoms with Crippen LogP contribution < -0.4 is 5.73 Å². The van der Waals surface area contributed by atoms with Crippen molar-refractivity contribution in [2.45, 2.75) is 52.4 Å². The van der Waals surface area contributed by atoms with Gasteiger partial charge in [-0.25, -0.2) is 0 Å². The summed E-state index contributed by atoms with van der Waals surface area (Å²) in [5, 5.41) is 4.97. The molecule has 0 radical (unpaired) electrons. The van der Waals surface area contributed by atoms with E-state index in [9.17, 15) is 0 Å². The molecule has 20 heavy (non-hydrogen) atoms. The summed E-state index contributed by atoms with van der Waals surface area (Å²) in [5.74, 6) is 2.72. The summed E-state index contributed by atoms with van der Waals surface area (Å²) < 4.78 is 5.47. The fourth-order valence-electron chi connectivity index (χ4n) is 3.10. The summed E-state index contributed by atoms with van der Waals surface area (Å²) in [5.41, 5.74) is 8.15. The number of hydrogen-bond acceptors (Lipinski definition) is 5. The maximum atomic E-state index is 6.07. The Kier molecular flexibility index (Phi) is 3.54. The molecule has 5 heteroatoms. The van der Waals surface area contributed by atoms with Crippen LogP contribution in [-0.2, 0) is 0 Å². The van der Waals surface area contributed by atoms with Gasteiger partial charge < -0.3 is 10.3 Å². The average molecular weight is 291 g/mol. The van der Waals surface area contributed by atoms with Gasteiger partial charge in [0.2, 0.25) is 0 Å². The Labute approximate surface area is 123 Å². The molecule has 1 fully saturated rings. The smallest absolute Gasteiger partial charge is 0.261 e. The van der Waals surface area contributed by atoms with E-state index in [1.54, 1.807) is 11.3 Å². The van der Waals surface area contributed by atoms with Gasteiger partial charge >= 0.3 is 0 Å². The van der Waals surface area contributed by atoms with Crippen LogP contribution in [0.15, 0.2) is 4.52 Å². The first-order valence-electron chi connectivity index (χ1n) is 7.29. The molecular weight excluding hydrogens is 270 g/mol. The van der Waals surface area contributed by atoms with Crippen LogP contribution in [0.5, 0.6) is 0 Å². The number of hydrogen-bond donors (Lipinski definition) is 1. The number of nitrogens with two attached hydrogens (primary N) is 1. The second-order valence-corrected chi connectivity index (χ2v) is 7.02. The Bertz CT molecular complexity index is 617. The first-order valence-corrected chi connectivity index (χ1v) is 8.11. The SMILES string of the molecule is CCC1CCC(c2noc(-c3c(N)sc(C)c3C)n2)C1. The van der Waals surface area contributed by atoms with Crippen molar-refractivity contribution in [2.75, 3.05) is 5.73 Å². The minimum atomic E-state index is 0.457. The minimum Gasteiger partial charge on any atom is -0.390 e.